The molecule has 2 aliphatic rings. The van der Waals surface area contributed by atoms with E-state index >= 15 is 0 Å². The third-order valence-corrected chi connectivity index (χ3v) is 4.87. The second-order valence-corrected chi connectivity index (χ2v) is 6.62. The molecule has 1 aromatic carbocycles. The third kappa shape index (κ3) is 3.85. The molecule has 0 radical (unpaired) electrons. The summed E-state index contributed by atoms with van der Waals surface area (Å²) in [5, 5.41) is 3.64. The van der Waals surface area contributed by atoms with Crippen LogP contribution in [0.4, 0.5) is 0 Å². The Bertz CT molecular complexity index is 474. The lowest BCUT2D eigenvalue weighted by Gasteiger charge is -2.31. The Labute approximate surface area is 128 Å². The number of nitrogens with one attached hydrogen (secondary N) is 1. The molecule has 1 saturated heterocycles. The molecule has 2 atom stereocenters. The first-order valence-corrected chi connectivity index (χ1v) is 8.37. The Morgan fingerprint density at radius 3 is 2.90 bits per heavy atom. The summed E-state index contributed by atoms with van der Waals surface area (Å²) in [7, 11) is 2.17. The zero-order valence-corrected chi connectivity index (χ0v) is 13.4. The van der Waals surface area contributed by atoms with Gasteiger partial charge in [-0.15, -0.1) is 0 Å². The van der Waals surface area contributed by atoms with Crippen molar-refractivity contribution in [3.8, 4) is 0 Å². The molecule has 1 aromatic rings. The molecule has 3 rings (SSSR count). The number of nitrogens with zero attached hydrogens (tertiary/aromatic N) is 1. The largest absolute Gasteiger partial charge is 0.374 e. The second-order valence-electron chi connectivity index (χ2n) is 6.62. The third-order valence-electron chi connectivity index (χ3n) is 4.87. The number of fused-ring (bicyclic) bond motifs is 1. The highest BCUT2D eigenvalue weighted by Crippen LogP contribution is 2.24. The average molecular weight is 288 g/mol. The van der Waals surface area contributed by atoms with Gasteiger partial charge < -0.3 is 15.0 Å². The number of aryl methyl sites for hydroxylation is 2. The molecule has 116 valence electrons. The highest BCUT2D eigenvalue weighted by molar-refractivity contribution is 5.35. The molecule has 0 amide bonds. The van der Waals surface area contributed by atoms with Crippen molar-refractivity contribution in [3.63, 3.8) is 0 Å². The lowest BCUT2D eigenvalue weighted by atomic mass is 9.89. The van der Waals surface area contributed by atoms with Gasteiger partial charge in [0.2, 0.25) is 0 Å². The molecule has 1 fully saturated rings. The van der Waals surface area contributed by atoms with Gasteiger partial charge in [-0.25, -0.2) is 0 Å². The van der Waals surface area contributed by atoms with Gasteiger partial charge in [-0.3, -0.25) is 0 Å². The maximum absolute atomic E-state index is 5.82. The van der Waals surface area contributed by atoms with Crippen molar-refractivity contribution in [2.24, 2.45) is 0 Å². The molecule has 21 heavy (non-hydrogen) atoms. The van der Waals surface area contributed by atoms with Gasteiger partial charge in [0, 0.05) is 25.7 Å². The number of rotatable bonds is 4. The summed E-state index contributed by atoms with van der Waals surface area (Å²) in [4.78, 5) is 2.35. The molecule has 1 aliphatic heterocycles. The summed E-state index contributed by atoms with van der Waals surface area (Å²) < 4.78 is 5.82. The van der Waals surface area contributed by atoms with E-state index in [1.165, 1.54) is 31.2 Å². The van der Waals surface area contributed by atoms with Gasteiger partial charge in [-0.05, 0) is 56.3 Å². The van der Waals surface area contributed by atoms with E-state index in [2.05, 4.69) is 42.4 Å². The van der Waals surface area contributed by atoms with Crippen molar-refractivity contribution < 1.29 is 4.74 Å². The SMILES string of the molecule is CC(NCC1CN(C)CCO1)c1ccc2c(c1)CCCC2. The van der Waals surface area contributed by atoms with E-state index in [-0.39, 0.29) is 0 Å². The Hall–Kier alpha value is -0.900. The van der Waals surface area contributed by atoms with E-state index in [9.17, 15) is 0 Å². The van der Waals surface area contributed by atoms with Gasteiger partial charge in [-0.2, -0.15) is 0 Å². The average Bonchev–Trinajstić information content (AvgIpc) is 2.52. The van der Waals surface area contributed by atoms with Gasteiger partial charge in [0.15, 0.2) is 0 Å². The normalized spacial score (nSPS) is 24.6. The maximum atomic E-state index is 5.82. The van der Waals surface area contributed by atoms with Crippen LogP contribution in [0.1, 0.15) is 42.5 Å². The summed E-state index contributed by atoms with van der Waals surface area (Å²) >= 11 is 0. The fraction of sp³-hybridized carbons (Fsp3) is 0.667. The first-order chi connectivity index (χ1) is 10.2. The molecule has 0 bridgehead atoms. The van der Waals surface area contributed by atoms with Crippen molar-refractivity contribution in [1.29, 1.82) is 0 Å². The van der Waals surface area contributed by atoms with Crippen molar-refractivity contribution in [2.45, 2.75) is 44.8 Å². The van der Waals surface area contributed by atoms with Crippen molar-refractivity contribution >= 4 is 0 Å². The minimum absolute atomic E-state index is 0.323. The van der Waals surface area contributed by atoms with Crippen LogP contribution in [0.3, 0.4) is 0 Å². The van der Waals surface area contributed by atoms with Crippen molar-refractivity contribution in [1.82, 2.24) is 10.2 Å². The van der Waals surface area contributed by atoms with E-state index < -0.39 is 0 Å². The molecule has 2 unspecified atom stereocenters. The number of ether oxygens (including phenoxy) is 1. The minimum Gasteiger partial charge on any atom is -0.374 e. The summed E-state index contributed by atoms with van der Waals surface area (Å²) in [5.41, 5.74) is 4.55. The molecule has 0 spiro atoms. The molecule has 1 heterocycles. The van der Waals surface area contributed by atoms with E-state index in [0.717, 1.165) is 26.2 Å². The van der Waals surface area contributed by atoms with Crippen LogP contribution in [0.15, 0.2) is 18.2 Å². The number of likely N-dealkylation sites (N-methyl/N-ethyl adjacent to an activating group) is 1. The Kier molecular flexibility index (Phi) is 4.94. The highest BCUT2D eigenvalue weighted by Gasteiger charge is 2.19. The van der Waals surface area contributed by atoms with Gasteiger partial charge in [0.1, 0.15) is 0 Å². The number of morpholine rings is 1. The van der Waals surface area contributed by atoms with Crippen LogP contribution < -0.4 is 5.32 Å². The topological polar surface area (TPSA) is 24.5 Å². The summed E-state index contributed by atoms with van der Waals surface area (Å²) in [6, 6.07) is 7.45. The molecular formula is C18H28N2O. The van der Waals surface area contributed by atoms with Gasteiger partial charge >= 0.3 is 0 Å². The minimum atomic E-state index is 0.323. The van der Waals surface area contributed by atoms with E-state index in [4.69, 9.17) is 4.74 Å². The van der Waals surface area contributed by atoms with Crippen molar-refractivity contribution in [3.05, 3.63) is 34.9 Å². The fourth-order valence-electron chi connectivity index (χ4n) is 3.44. The molecule has 3 nitrogen and oxygen atoms in total. The molecule has 1 aliphatic carbocycles. The zero-order valence-electron chi connectivity index (χ0n) is 13.4. The Morgan fingerprint density at radius 1 is 1.29 bits per heavy atom. The van der Waals surface area contributed by atoms with Gasteiger partial charge in [0.05, 0.1) is 12.7 Å². The van der Waals surface area contributed by atoms with Crippen LogP contribution in [0.2, 0.25) is 0 Å². The van der Waals surface area contributed by atoms with Crippen molar-refractivity contribution in [2.75, 3.05) is 33.3 Å². The summed E-state index contributed by atoms with van der Waals surface area (Å²) in [6.07, 6.45) is 5.54. The predicted octanol–water partition coefficient (Wildman–Crippen LogP) is 2.55. The lowest BCUT2D eigenvalue weighted by Crippen LogP contribution is -2.45. The second kappa shape index (κ2) is 6.91. The van der Waals surface area contributed by atoms with Crippen LogP contribution in [-0.4, -0.2) is 44.3 Å². The Balaban J connectivity index is 1.56. The zero-order chi connectivity index (χ0) is 14.7. The fourth-order valence-corrected chi connectivity index (χ4v) is 3.44. The quantitative estimate of drug-likeness (QED) is 0.921. The molecule has 1 N–H and O–H groups in total. The first kappa shape index (κ1) is 15.0. The smallest absolute Gasteiger partial charge is 0.0826 e. The molecule has 0 saturated carbocycles. The van der Waals surface area contributed by atoms with Crippen LogP contribution in [0, 0.1) is 0 Å². The van der Waals surface area contributed by atoms with E-state index in [0.29, 0.717) is 12.1 Å². The summed E-state index contributed by atoms with van der Waals surface area (Å²) in [5.74, 6) is 0. The first-order valence-electron chi connectivity index (χ1n) is 8.37. The number of hydrogen-bond donors (Lipinski definition) is 1. The molecule has 0 aromatic heterocycles. The van der Waals surface area contributed by atoms with Crippen LogP contribution in [-0.2, 0) is 17.6 Å². The molecule has 3 heteroatoms. The van der Waals surface area contributed by atoms with Crippen LogP contribution in [0.25, 0.3) is 0 Å². The Morgan fingerprint density at radius 2 is 2.10 bits per heavy atom. The lowest BCUT2D eigenvalue weighted by molar-refractivity contribution is -0.0190. The maximum Gasteiger partial charge on any atom is 0.0826 e. The van der Waals surface area contributed by atoms with Crippen LogP contribution >= 0.6 is 0 Å². The predicted molar refractivity (Wildman–Crippen MR) is 86.7 cm³/mol. The number of hydrogen-bond acceptors (Lipinski definition) is 3. The molecular weight excluding hydrogens is 260 g/mol. The van der Waals surface area contributed by atoms with Gasteiger partial charge in [-0.1, -0.05) is 18.2 Å². The van der Waals surface area contributed by atoms with E-state index in [1.54, 1.807) is 11.1 Å². The monoisotopic (exact) mass is 288 g/mol. The standard InChI is InChI=1S/C18H28N2O/c1-14(19-12-18-13-20(2)9-10-21-18)16-8-7-15-5-3-4-6-17(15)11-16/h7-8,11,14,18-19H,3-6,9-10,12-13H2,1-2H3. The van der Waals surface area contributed by atoms with Gasteiger partial charge in [0.25, 0.3) is 0 Å². The number of benzene rings is 1. The summed E-state index contributed by atoms with van der Waals surface area (Å²) in [6.45, 7) is 6.14. The van der Waals surface area contributed by atoms with Crippen LogP contribution in [0.5, 0.6) is 0 Å². The highest BCUT2D eigenvalue weighted by atomic mass is 16.5. The van der Waals surface area contributed by atoms with E-state index in [1.807, 2.05) is 0 Å².